The zero-order valence-electron chi connectivity index (χ0n) is 30.6. The Balaban J connectivity index is 1.03. The van der Waals surface area contributed by atoms with Crippen LogP contribution in [-0.2, 0) is 6.42 Å². The molecular weight excluding hydrogens is 653 g/mol. The minimum atomic E-state index is 1.03. The summed E-state index contributed by atoms with van der Waals surface area (Å²) < 4.78 is 2.37. The van der Waals surface area contributed by atoms with Gasteiger partial charge in [-0.3, -0.25) is 0 Å². The number of nitrogens with zero attached hydrogens (tertiary/aromatic N) is 2. The van der Waals surface area contributed by atoms with Gasteiger partial charge in [-0.2, -0.15) is 0 Å². The summed E-state index contributed by atoms with van der Waals surface area (Å²) in [4.78, 5) is 2.38. The van der Waals surface area contributed by atoms with Crippen LogP contribution in [0.25, 0.3) is 60.9 Å². The van der Waals surface area contributed by atoms with Gasteiger partial charge in [-0.05, 0) is 112 Å². The van der Waals surface area contributed by atoms with E-state index < -0.39 is 0 Å². The molecule has 0 aliphatic carbocycles. The summed E-state index contributed by atoms with van der Waals surface area (Å²) in [6, 6.07) is 72.7. The number of anilines is 3. The SMILES string of the molecule is CCCCc1cc(N(c2ccccc2)c2ccc(-c3ccccc3)cc2)ccc1-c1ccc(-c2ccc(-n3c4ccccc4c4ccccc43)cc2)cc1. The van der Waals surface area contributed by atoms with Crippen LogP contribution in [-0.4, -0.2) is 4.57 Å². The lowest BCUT2D eigenvalue weighted by atomic mass is 9.93. The Hall–Kier alpha value is -6.64. The maximum atomic E-state index is 2.41. The van der Waals surface area contributed by atoms with Gasteiger partial charge in [0.1, 0.15) is 0 Å². The Morgan fingerprint density at radius 2 is 0.870 bits per heavy atom. The molecule has 54 heavy (non-hydrogen) atoms. The lowest BCUT2D eigenvalue weighted by molar-refractivity contribution is 0.796. The van der Waals surface area contributed by atoms with Crippen LogP contribution < -0.4 is 4.90 Å². The molecule has 0 aliphatic heterocycles. The van der Waals surface area contributed by atoms with E-state index in [2.05, 4.69) is 217 Å². The highest BCUT2D eigenvalue weighted by Gasteiger charge is 2.16. The lowest BCUT2D eigenvalue weighted by Gasteiger charge is -2.27. The average Bonchev–Trinajstić information content (AvgIpc) is 3.59. The molecule has 0 atom stereocenters. The molecule has 9 aromatic rings. The van der Waals surface area contributed by atoms with Crippen LogP contribution in [0.2, 0.25) is 0 Å². The molecule has 0 saturated heterocycles. The van der Waals surface area contributed by atoms with Crippen LogP contribution in [0.5, 0.6) is 0 Å². The second-order valence-electron chi connectivity index (χ2n) is 14.0. The van der Waals surface area contributed by atoms with Crippen molar-refractivity contribution in [2.45, 2.75) is 26.2 Å². The highest BCUT2D eigenvalue weighted by Crippen LogP contribution is 2.39. The number of benzene rings is 8. The van der Waals surface area contributed by atoms with E-state index in [1.807, 2.05) is 0 Å². The normalized spacial score (nSPS) is 11.3. The van der Waals surface area contributed by atoms with Gasteiger partial charge < -0.3 is 9.47 Å². The fraction of sp³-hybridized carbons (Fsp3) is 0.0769. The molecule has 0 amide bonds. The molecule has 0 bridgehead atoms. The molecule has 0 spiro atoms. The summed E-state index contributed by atoms with van der Waals surface area (Å²) in [5.74, 6) is 0. The van der Waals surface area contributed by atoms with Crippen molar-refractivity contribution in [3.05, 3.63) is 206 Å². The first-order chi connectivity index (χ1) is 26.7. The third-order valence-corrected chi connectivity index (χ3v) is 10.6. The van der Waals surface area contributed by atoms with E-state index in [1.165, 1.54) is 72.1 Å². The molecule has 1 heterocycles. The number of fused-ring (bicyclic) bond motifs is 3. The maximum absolute atomic E-state index is 2.41. The van der Waals surface area contributed by atoms with E-state index in [9.17, 15) is 0 Å². The molecule has 1 aromatic heterocycles. The molecule has 0 unspecified atom stereocenters. The van der Waals surface area contributed by atoms with Gasteiger partial charge >= 0.3 is 0 Å². The molecule has 0 aliphatic rings. The van der Waals surface area contributed by atoms with Gasteiger partial charge in [0.25, 0.3) is 0 Å². The third-order valence-electron chi connectivity index (χ3n) is 10.6. The molecule has 0 fully saturated rings. The highest BCUT2D eigenvalue weighted by molar-refractivity contribution is 6.09. The molecule has 2 heteroatoms. The third kappa shape index (κ3) is 6.37. The predicted octanol–water partition coefficient (Wildman–Crippen LogP) is 14.6. The molecule has 8 aromatic carbocycles. The standard InChI is InChI=1S/C52H42N2/c1-2-3-14-43-37-47(53(44-17-8-5-9-18-44)45-31-27-40(28-32-45)38-15-6-4-7-16-38)35-36-48(43)42-25-23-39(24-26-42)41-29-33-46(34-30-41)54-51-21-12-10-19-49(51)50-20-11-13-22-52(50)54/h4-13,15-37H,2-3,14H2,1H3. The summed E-state index contributed by atoms with van der Waals surface area (Å²) in [7, 11) is 0. The number of unbranched alkanes of at least 4 members (excludes halogenated alkanes) is 1. The van der Waals surface area contributed by atoms with Crippen LogP contribution in [0.15, 0.2) is 200 Å². The predicted molar refractivity (Wildman–Crippen MR) is 230 cm³/mol. The Bertz CT molecular complexity index is 2600. The van der Waals surface area contributed by atoms with Crippen molar-refractivity contribution in [2.75, 3.05) is 4.90 Å². The molecule has 0 radical (unpaired) electrons. The fourth-order valence-electron chi connectivity index (χ4n) is 7.88. The molecule has 2 nitrogen and oxygen atoms in total. The van der Waals surface area contributed by atoms with E-state index in [0.717, 1.165) is 30.6 Å². The van der Waals surface area contributed by atoms with Crippen molar-refractivity contribution in [2.24, 2.45) is 0 Å². The van der Waals surface area contributed by atoms with E-state index in [-0.39, 0.29) is 0 Å². The van der Waals surface area contributed by atoms with Crippen molar-refractivity contribution in [3.63, 3.8) is 0 Å². The summed E-state index contributed by atoms with van der Waals surface area (Å²) in [6.45, 7) is 2.27. The van der Waals surface area contributed by atoms with Crippen LogP contribution in [0.3, 0.4) is 0 Å². The molecule has 9 rings (SSSR count). The zero-order valence-corrected chi connectivity index (χ0v) is 30.6. The molecule has 0 saturated carbocycles. The van der Waals surface area contributed by atoms with Crippen LogP contribution >= 0.6 is 0 Å². The van der Waals surface area contributed by atoms with Gasteiger partial charge in [-0.15, -0.1) is 0 Å². The van der Waals surface area contributed by atoms with E-state index in [1.54, 1.807) is 0 Å². The maximum Gasteiger partial charge on any atom is 0.0541 e. The monoisotopic (exact) mass is 694 g/mol. The van der Waals surface area contributed by atoms with Crippen molar-refractivity contribution >= 4 is 38.9 Å². The zero-order chi connectivity index (χ0) is 36.3. The number of aryl methyl sites for hydroxylation is 1. The van der Waals surface area contributed by atoms with Crippen LogP contribution in [0.4, 0.5) is 17.1 Å². The molecule has 260 valence electrons. The highest BCUT2D eigenvalue weighted by atomic mass is 15.1. The van der Waals surface area contributed by atoms with E-state index >= 15 is 0 Å². The fourth-order valence-corrected chi connectivity index (χ4v) is 7.88. The second-order valence-corrected chi connectivity index (χ2v) is 14.0. The first-order valence-electron chi connectivity index (χ1n) is 19.1. The summed E-state index contributed by atoms with van der Waals surface area (Å²) in [6.07, 6.45) is 3.32. The van der Waals surface area contributed by atoms with Gasteiger partial charge in [0.2, 0.25) is 0 Å². The topological polar surface area (TPSA) is 8.17 Å². The Labute approximate surface area is 318 Å². The van der Waals surface area contributed by atoms with Crippen LogP contribution in [0, 0.1) is 0 Å². The van der Waals surface area contributed by atoms with Gasteiger partial charge in [0.05, 0.1) is 11.0 Å². The van der Waals surface area contributed by atoms with E-state index in [0.29, 0.717) is 0 Å². The first-order valence-corrected chi connectivity index (χ1v) is 19.1. The number of aromatic nitrogens is 1. The Morgan fingerprint density at radius 3 is 1.48 bits per heavy atom. The quantitative estimate of drug-likeness (QED) is 0.138. The Morgan fingerprint density at radius 1 is 0.407 bits per heavy atom. The van der Waals surface area contributed by atoms with Crippen molar-refractivity contribution in [3.8, 4) is 39.1 Å². The van der Waals surface area contributed by atoms with Crippen LogP contribution in [0.1, 0.15) is 25.3 Å². The largest absolute Gasteiger partial charge is 0.310 e. The Kier molecular flexibility index (Phi) is 9.08. The average molecular weight is 695 g/mol. The molecule has 0 N–H and O–H groups in total. The number of rotatable bonds is 10. The van der Waals surface area contributed by atoms with Gasteiger partial charge in [0.15, 0.2) is 0 Å². The number of hydrogen-bond donors (Lipinski definition) is 0. The minimum absolute atomic E-state index is 1.03. The lowest BCUT2D eigenvalue weighted by Crippen LogP contribution is -2.10. The van der Waals surface area contributed by atoms with Gasteiger partial charge in [0, 0.05) is 33.5 Å². The van der Waals surface area contributed by atoms with Gasteiger partial charge in [-0.1, -0.05) is 153 Å². The van der Waals surface area contributed by atoms with Gasteiger partial charge in [-0.25, -0.2) is 0 Å². The first kappa shape index (κ1) is 33.2. The second kappa shape index (κ2) is 14.8. The smallest absolute Gasteiger partial charge is 0.0541 e. The summed E-state index contributed by atoms with van der Waals surface area (Å²) in [5, 5.41) is 2.56. The molecular formula is C52H42N2. The summed E-state index contributed by atoms with van der Waals surface area (Å²) >= 11 is 0. The van der Waals surface area contributed by atoms with Crippen molar-refractivity contribution < 1.29 is 0 Å². The van der Waals surface area contributed by atoms with Crippen molar-refractivity contribution in [1.29, 1.82) is 0 Å². The van der Waals surface area contributed by atoms with E-state index in [4.69, 9.17) is 0 Å². The van der Waals surface area contributed by atoms with Crippen molar-refractivity contribution in [1.82, 2.24) is 4.57 Å². The number of para-hydroxylation sites is 3. The number of hydrogen-bond acceptors (Lipinski definition) is 1. The minimum Gasteiger partial charge on any atom is -0.310 e. The summed E-state index contributed by atoms with van der Waals surface area (Å²) in [5.41, 5.74) is 15.9.